The summed E-state index contributed by atoms with van der Waals surface area (Å²) in [5.74, 6) is 2.11. The first-order valence-electron chi connectivity index (χ1n) is 8.75. The predicted molar refractivity (Wildman–Crippen MR) is 119 cm³/mol. The highest BCUT2D eigenvalue weighted by Gasteiger charge is 2.15. The number of hydrogen-bond acceptors (Lipinski definition) is 3. The van der Waals surface area contributed by atoms with Crippen molar-refractivity contribution in [3.05, 3.63) is 74.7 Å². The Kier molecular flexibility index (Phi) is 5.42. The Morgan fingerprint density at radius 2 is 1.79 bits per heavy atom. The summed E-state index contributed by atoms with van der Waals surface area (Å²) in [7, 11) is 1.64. The Morgan fingerprint density at radius 3 is 2.54 bits per heavy atom. The Hall–Kier alpha value is -2.31. The molecule has 4 rings (SSSR count). The highest BCUT2D eigenvalue weighted by atomic mass is 79.9. The van der Waals surface area contributed by atoms with Crippen LogP contribution in [0.1, 0.15) is 11.1 Å². The van der Waals surface area contributed by atoms with Gasteiger partial charge >= 0.3 is 0 Å². The van der Waals surface area contributed by atoms with E-state index in [2.05, 4.69) is 55.9 Å². The van der Waals surface area contributed by atoms with Gasteiger partial charge in [0.15, 0.2) is 11.5 Å². The quantitative estimate of drug-likeness (QED) is 0.333. The summed E-state index contributed by atoms with van der Waals surface area (Å²) in [6, 6.07) is 18.1. The van der Waals surface area contributed by atoms with Gasteiger partial charge in [0.25, 0.3) is 0 Å². The van der Waals surface area contributed by atoms with Crippen LogP contribution in [0, 0.1) is 6.92 Å². The molecule has 0 unspecified atom stereocenters. The second kappa shape index (κ2) is 7.97. The van der Waals surface area contributed by atoms with Gasteiger partial charge in [-0.25, -0.2) is 4.98 Å². The van der Waals surface area contributed by atoms with Gasteiger partial charge in [-0.2, -0.15) is 0 Å². The molecule has 1 N–H and O–H groups in total. The molecular weight excluding hydrogens is 484 g/mol. The van der Waals surface area contributed by atoms with Crippen LogP contribution >= 0.6 is 31.9 Å². The highest BCUT2D eigenvalue weighted by Crippen LogP contribution is 2.40. The second-order valence-corrected chi connectivity index (χ2v) is 8.28. The zero-order chi connectivity index (χ0) is 19.7. The number of aromatic amines is 1. The zero-order valence-electron chi connectivity index (χ0n) is 15.4. The standard InChI is InChI=1S/C22H18Br2N2O2/c1-13-3-8-18-19(9-13)26-22(25-18)15-10-17(24)21(20(11-15)27-2)28-12-14-4-6-16(23)7-5-14/h3-11H,12H2,1-2H3,(H,25,26). The monoisotopic (exact) mass is 500 g/mol. The molecular formula is C22H18Br2N2O2. The number of halogens is 2. The number of hydrogen-bond donors (Lipinski definition) is 1. The number of nitrogens with zero attached hydrogens (tertiary/aromatic N) is 1. The summed E-state index contributed by atoms with van der Waals surface area (Å²) < 4.78 is 13.5. The molecule has 0 amide bonds. The molecule has 4 nitrogen and oxygen atoms in total. The molecule has 0 aliphatic heterocycles. The minimum atomic E-state index is 0.450. The largest absolute Gasteiger partial charge is 0.493 e. The molecule has 28 heavy (non-hydrogen) atoms. The highest BCUT2D eigenvalue weighted by molar-refractivity contribution is 9.10. The van der Waals surface area contributed by atoms with Crippen LogP contribution in [0.25, 0.3) is 22.4 Å². The first-order valence-corrected chi connectivity index (χ1v) is 10.3. The lowest BCUT2D eigenvalue weighted by atomic mass is 10.2. The van der Waals surface area contributed by atoms with Crippen LogP contribution in [0.2, 0.25) is 0 Å². The third-order valence-corrected chi connectivity index (χ3v) is 5.55. The Bertz CT molecular complexity index is 1140. The van der Waals surface area contributed by atoms with E-state index in [1.165, 1.54) is 5.56 Å². The molecule has 0 saturated carbocycles. The van der Waals surface area contributed by atoms with E-state index in [1.807, 2.05) is 42.5 Å². The molecule has 0 bridgehead atoms. The van der Waals surface area contributed by atoms with Crippen LogP contribution in [-0.2, 0) is 6.61 Å². The van der Waals surface area contributed by atoms with Gasteiger partial charge in [-0.3, -0.25) is 0 Å². The van der Waals surface area contributed by atoms with Gasteiger partial charge in [-0.1, -0.05) is 34.1 Å². The normalized spacial score (nSPS) is 11.0. The van der Waals surface area contributed by atoms with Crippen LogP contribution < -0.4 is 9.47 Å². The molecule has 0 saturated heterocycles. The maximum Gasteiger partial charge on any atom is 0.175 e. The summed E-state index contributed by atoms with van der Waals surface area (Å²) in [5.41, 5.74) is 5.15. The van der Waals surface area contributed by atoms with Crippen LogP contribution in [-0.4, -0.2) is 17.1 Å². The fourth-order valence-corrected chi connectivity index (χ4v) is 3.81. The maximum absolute atomic E-state index is 6.03. The van der Waals surface area contributed by atoms with E-state index in [4.69, 9.17) is 14.5 Å². The van der Waals surface area contributed by atoms with Gasteiger partial charge in [0.05, 0.1) is 22.6 Å². The first-order chi connectivity index (χ1) is 13.5. The van der Waals surface area contributed by atoms with Crippen molar-refractivity contribution in [2.24, 2.45) is 0 Å². The third kappa shape index (κ3) is 3.93. The average Bonchev–Trinajstić information content (AvgIpc) is 3.11. The van der Waals surface area contributed by atoms with E-state index >= 15 is 0 Å². The zero-order valence-corrected chi connectivity index (χ0v) is 18.6. The van der Waals surface area contributed by atoms with Gasteiger partial charge in [0.2, 0.25) is 0 Å². The number of imidazole rings is 1. The smallest absolute Gasteiger partial charge is 0.175 e. The summed E-state index contributed by atoms with van der Waals surface area (Å²) >= 11 is 7.07. The maximum atomic E-state index is 6.03. The van der Waals surface area contributed by atoms with E-state index < -0.39 is 0 Å². The second-order valence-electron chi connectivity index (χ2n) is 6.51. The molecule has 142 valence electrons. The Morgan fingerprint density at radius 1 is 1.00 bits per heavy atom. The number of fused-ring (bicyclic) bond motifs is 1. The lowest BCUT2D eigenvalue weighted by Gasteiger charge is -2.14. The first kappa shape index (κ1) is 19.0. The molecule has 4 aromatic rings. The van der Waals surface area contributed by atoms with Crippen molar-refractivity contribution in [2.75, 3.05) is 7.11 Å². The van der Waals surface area contributed by atoms with Crippen LogP contribution in [0.15, 0.2) is 63.5 Å². The van der Waals surface area contributed by atoms with Gasteiger partial charge in [-0.15, -0.1) is 0 Å². The molecule has 0 fully saturated rings. The van der Waals surface area contributed by atoms with Crippen molar-refractivity contribution in [1.29, 1.82) is 0 Å². The molecule has 0 spiro atoms. The van der Waals surface area contributed by atoms with E-state index in [0.29, 0.717) is 18.1 Å². The van der Waals surface area contributed by atoms with E-state index in [9.17, 15) is 0 Å². The number of aromatic nitrogens is 2. The van der Waals surface area contributed by atoms with Crippen molar-refractivity contribution >= 4 is 42.9 Å². The number of methoxy groups -OCH3 is 1. The summed E-state index contributed by atoms with van der Waals surface area (Å²) in [5, 5.41) is 0. The fraction of sp³-hybridized carbons (Fsp3) is 0.136. The molecule has 6 heteroatoms. The number of benzene rings is 3. The Balaban J connectivity index is 1.65. The van der Waals surface area contributed by atoms with Crippen LogP contribution in [0.3, 0.4) is 0 Å². The van der Waals surface area contributed by atoms with Crippen molar-refractivity contribution in [2.45, 2.75) is 13.5 Å². The van der Waals surface area contributed by atoms with Crippen molar-refractivity contribution in [1.82, 2.24) is 9.97 Å². The summed E-state index contributed by atoms with van der Waals surface area (Å²) in [6.07, 6.45) is 0. The summed E-state index contributed by atoms with van der Waals surface area (Å²) in [4.78, 5) is 8.08. The lowest BCUT2D eigenvalue weighted by Crippen LogP contribution is -1.99. The number of nitrogens with one attached hydrogen (secondary N) is 1. The van der Waals surface area contributed by atoms with Gasteiger partial charge in [0.1, 0.15) is 12.4 Å². The topological polar surface area (TPSA) is 47.1 Å². The molecule has 0 atom stereocenters. The van der Waals surface area contributed by atoms with Gasteiger partial charge in [-0.05, 0) is 70.4 Å². The van der Waals surface area contributed by atoms with Crippen molar-refractivity contribution < 1.29 is 9.47 Å². The van der Waals surface area contributed by atoms with Crippen molar-refractivity contribution in [3.8, 4) is 22.9 Å². The lowest BCUT2D eigenvalue weighted by molar-refractivity contribution is 0.282. The van der Waals surface area contributed by atoms with E-state index in [0.717, 1.165) is 36.9 Å². The molecule has 0 radical (unpaired) electrons. The van der Waals surface area contributed by atoms with Crippen LogP contribution in [0.5, 0.6) is 11.5 Å². The Labute approximate surface area is 180 Å². The third-order valence-electron chi connectivity index (χ3n) is 4.44. The molecule has 0 aliphatic rings. The number of ether oxygens (including phenoxy) is 2. The average molecular weight is 502 g/mol. The minimum absolute atomic E-state index is 0.450. The number of rotatable bonds is 5. The fourth-order valence-electron chi connectivity index (χ4n) is 2.99. The molecule has 1 aromatic heterocycles. The minimum Gasteiger partial charge on any atom is -0.493 e. The van der Waals surface area contributed by atoms with Gasteiger partial charge in [0, 0.05) is 10.0 Å². The van der Waals surface area contributed by atoms with Gasteiger partial charge < -0.3 is 14.5 Å². The van der Waals surface area contributed by atoms with E-state index in [1.54, 1.807) is 7.11 Å². The van der Waals surface area contributed by atoms with Crippen molar-refractivity contribution in [3.63, 3.8) is 0 Å². The predicted octanol–water partition coefficient (Wildman–Crippen LogP) is 6.65. The summed E-state index contributed by atoms with van der Waals surface area (Å²) in [6.45, 7) is 2.52. The molecule has 1 heterocycles. The number of aryl methyl sites for hydroxylation is 1. The SMILES string of the molecule is COc1cc(-c2nc3ccc(C)cc3[nH]2)cc(Br)c1OCc1ccc(Br)cc1. The molecule has 0 aliphatic carbocycles. The number of H-pyrrole nitrogens is 1. The van der Waals surface area contributed by atoms with Crippen LogP contribution in [0.4, 0.5) is 0 Å². The van der Waals surface area contributed by atoms with E-state index in [-0.39, 0.29) is 0 Å². The molecule has 3 aromatic carbocycles.